The summed E-state index contributed by atoms with van der Waals surface area (Å²) in [5, 5.41) is 3.42. The molecule has 9 heteroatoms. The lowest BCUT2D eigenvalue weighted by Crippen LogP contribution is -2.51. The molecule has 0 spiro atoms. The third-order valence-corrected chi connectivity index (χ3v) is 7.00. The first-order chi connectivity index (χ1) is 16.3. The summed E-state index contributed by atoms with van der Waals surface area (Å²) >= 11 is 6.00. The van der Waals surface area contributed by atoms with Gasteiger partial charge in [-0.05, 0) is 48.1 Å². The van der Waals surface area contributed by atoms with Crippen LogP contribution >= 0.6 is 11.6 Å². The third kappa shape index (κ3) is 8.25. The zero-order chi connectivity index (χ0) is 26.3. The molecule has 0 radical (unpaired) electrons. The minimum absolute atomic E-state index is 0.0523. The van der Waals surface area contributed by atoms with Crippen molar-refractivity contribution < 1.29 is 18.0 Å². The number of halogens is 1. The Balaban J connectivity index is 2.42. The second-order valence-corrected chi connectivity index (χ2v) is 11.8. The Morgan fingerprint density at radius 3 is 2.11 bits per heavy atom. The molecular weight excluding hydrogens is 486 g/mol. The lowest BCUT2D eigenvalue weighted by molar-refractivity contribution is -0.139. The van der Waals surface area contributed by atoms with E-state index in [0.29, 0.717) is 17.3 Å². The number of anilines is 1. The van der Waals surface area contributed by atoms with Crippen LogP contribution in [0.5, 0.6) is 0 Å². The highest BCUT2D eigenvalue weighted by molar-refractivity contribution is 7.92. The normalized spacial score (nSPS) is 12.5. The molecule has 0 aliphatic heterocycles. The van der Waals surface area contributed by atoms with Gasteiger partial charge in [-0.15, -0.1) is 0 Å². The van der Waals surface area contributed by atoms with E-state index in [9.17, 15) is 18.0 Å². The highest BCUT2D eigenvalue weighted by atomic mass is 35.5. The zero-order valence-corrected chi connectivity index (χ0v) is 22.9. The first-order valence-corrected chi connectivity index (χ1v) is 13.9. The molecule has 1 N–H and O–H groups in total. The van der Waals surface area contributed by atoms with Gasteiger partial charge in [-0.2, -0.15) is 0 Å². The molecule has 0 saturated carbocycles. The van der Waals surface area contributed by atoms with Gasteiger partial charge >= 0.3 is 0 Å². The Morgan fingerprint density at radius 1 is 0.971 bits per heavy atom. The monoisotopic (exact) mass is 521 g/mol. The van der Waals surface area contributed by atoms with E-state index in [2.05, 4.69) is 5.32 Å². The number of hydrogen-bond donors (Lipinski definition) is 1. The van der Waals surface area contributed by atoms with Crippen LogP contribution in [0.4, 0.5) is 5.69 Å². The van der Waals surface area contributed by atoms with E-state index >= 15 is 0 Å². The Morgan fingerprint density at radius 2 is 1.57 bits per heavy atom. The van der Waals surface area contributed by atoms with Crippen LogP contribution in [0.1, 0.15) is 51.7 Å². The van der Waals surface area contributed by atoms with E-state index in [1.807, 2.05) is 39.8 Å². The Kier molecular flexibility index (Phi) is 10.2. The highest BCUT2D eigenvalue weighted by Crippen LogP contribution is 2.29. The van der Waals surface area contributed by atoms with E-state index in [-0.39, 0.29) is 24.3 Å². The quantitative estimate of drug-likeness (QED) is 0.474. The number of amides is 2. The maximum Gasteiger partial charge on any atom is 0.244 e. The minimum atomic E-state index is -3.78. The highest BCUT2D eigenvalue weighted by Gasteiger charge is 2.31. The lowest BCUT2D eigenvalue weighted by Gasteiger charge is -2.32. The number of nitrogens with zero attached hydrogens (tertiary/aromatic N) is 2. The number of carbonyl (C=O) groups is 2. The van der Waals surface area contributed by atoms with Crippen LogP contribution in [-0.2, 0) is 26.2 Å². The van der Waals surface area contributed by atoms with Crippen molar-refractivity contribution in [1.29, 1.82) is 0 Å². The van der Waals surface area contributed by atoms with Gasteiger partial charge in [0, 0.05) is 18.1 Å². The first kappa shape index (κ1) is 28.7. The number of carbonyl (C=O) groups excluding carboxylic acids is 2. The van der Waals surface area contributed by atoms with Crippen molar-refractivity contribution in [3.63, 3.8) is 0 Å². The molecule has 1 atom stereocenters. The van der Waals surface area contributed by atoms with Gasteiger partial charge < -0.3 is 10.2 Å². The molecule has 2 aromatic carbocycles. The van der Waals surface area contributed by atoms with Gasteiger partial charge in [-0.1, -0.05) is 69.6 Å². The number of para-hydroxylation sites is 1. The van der Waals surface area contributed by atoms with Crippen molar-refractivity contribution >= 4 is 39.1 Å². The number of benzene rings is 2. The topological polar surface area (TPSA) is 86.8 Å². The van der Waals surface area contributed by atoms with Gasteiger partial charge in [0.25, 0.3) is 0 Å². The number of hydrogen-bond acceptors (Lipinski definition) is 4. The van der Waals surface area contributed by atoms with Gasteiger partial charge in [0.15, 0.2) is 0 Å². The van der Waals surface area contributed by atoms with Crippen molar-refractivity contribution in [2.24, 2.45) is 5.92 Å². The fraction of sp³-hybridized carbons (Fsp3) is 0.462. The van der Waals surface area contributed by atoms with Crippen LogP contribution < -0.4 is 9.62 Å². The van der Waals surface area contributed by atoms with Crippen molar-refractivity contribution in [2.75, 3.05) is 23.7 Å². The molecule has 2 amide bonds. The standard InChI is InChI=1S/C26H36ClN3O4S/c1-18(2)15-28-26(32)20(5)29(16-21-11-13-22(27)14-12-21)25(31)17-30(35(6,33)34)24-10-8-7-9-23(24)19(3)4/h7-14,18-20H,15-17H2,1-6H3,(H,28,32). The van der Waals surface area contributed by atoms with E-state index in [4.69, 9.17) is 11.6 Å². The molecule has 0 bridgehead atoms. The maximum atomic E-state index is 13.6. The van der Waals surface area contributed by atoms with Crippen molar-refractivity contribution in [1.82, 2.24) is 10.2 Å². The summed E-state index contributed by atoms with van der Waals surface area (Å²) in [5.41, 5.74) is 2.05. The first-order valence-electron chi connectivity index (χ1n) is 11.7. The fourth-order valence-corrected chi connectivity index (χ4v) is 4.61. The third-order valence-electron chi connectivity index (χ3n) is 5.62. The van der Waals surface area contributed by atoms with E-state index in [0.717, 1.165) is 21.7 Å². The molecule has 2 rings (SSSR count). The predicted octanol–water partition coefficient (Wildman–Crippen LogP) is 4.42. The van der Waals surface area contributed by atoms with Gasteiger partial charge in [-0.25, -0.2) is 8.42 Å². The minimum Gasteiger partial charge on any atom is -0.354 e. The second kappa shape index (κ2) is 12.4. The van der Waals surface area contributed by atoms with Gasteiger partial charge in [0.2, 0.25) is 21.8 Å². The molecule has 0 fully saturated rings. The molecule has 0 saturated heterocycles. The smallest absolute Gasteiger partial charge is 0.244 e. The molecule has 0 aliphatic carbocycles. The average molecular weight is 522 g/mol. The maximum absolute atomic E-state index is 13.6. The van der Waals surface area contributed by atoms with Gasteiger partial charge in [-0.3, -0.25) is 13.9 Å². The number of rotatable bonds is 11. The van der Waals surface area contributed by atoms with E-state index in [1.165, 1.54) is 4.90 Å². The molecule has 2 aromatic rings. The summed E-state index contributed by atoms with van der Waals surface area (Å²) in [6.45, 7) is 9.74. The summed E-state index contributed by atoms with van der Waals surface area (Å²) in [4.78, 5) is 27.9. The predicted molar refractivity (Wildman–Crippen MR) is 142 cm³/mol. The Labute approximate surface area is 214 Å². The van der Waals surface area contributed by atoms with E-state index in [1.54, 1.807) is 43.3 Å². The summed E-state index contributed by atoms with van der Waals surface area (Å²) in [5.74, 6) is -0.470. The van der Waals surface area contributed by atoms with Crippen LogP contribution in [-0.4, -0.2) is 50.5 Å². The molecule has 0 aliphatic rings. The van der Waals surface area contributed by atoms with Crippen LogP contribution in [0.2, 0.25) is 5.02 Å². The summed E-state index contributed by atoms with van der Waals surface area (Å²) < 4.78 is 26.7. The van der Waals surface area contributed by atoms with Crippen LogP contribution in [0.15, 0.2) is 48.5 Å². The fourth-order valence-electron chi connectivity index (χ4n) is 3.62. The van der Waals surface area contributed by atoms with Crippen molar-refractivity contribution in [2.45, 2.75) is 53.1 Å². The van der Waals surface area contributed by atoms with Crippen LogP contribution in [0, 0.1) is 5.92 Å². The largest absolute Gasteiger partial charge is 0.354 e. The molecule has 192 valence electrons. The summed E-state index contributed by atoms with van der Waals surface area (Å²) in [6, 6.07) is 13.3. The van der Waals surface area contributed by atoms with Crippen molar-refractivity contribution in [3.05, 3.63) is 64.7 Å². The van der Waals surface area contributed by atoms with E-state index < -0.39 is 28.5 Å². The molecule has 0 heterocycles. The summed E-state index contributed by atoms with van der Waals surface area (Å²) in [7, 11) is -3.78. The molecule has 35 heavy (non-hydrogen) atoms. The second-order valence-electron chi connectivity index (χ2n) is 9.45. The summed E-state index contributed by atoms with van der Waals surface area (Å²) in [6.07, 6.45) is 1.08. The Hall–Kier alpha value is -2.58. The molecule has 7 nitrogen and oxygen atoms in total. The van der Waals surface area contributed by atoms with Crippen molar-refractivity contribution in [3.8, 4) is 0 Å². The van der Waals surface area contributed by atoms with Crippen LogP contribution in [0.25, 0.3) is 0 Å². The van der Waals surface area contributed by atoms with Crippen LogP contribution in [0.3, 0.4) is 0 Å². The molecule has 1 unspecified atom stereocenters. The number of sulfonamides is 1. The van der Waals surface area contributed by atoms with Gasteiger partial charge in [0.1, 0.15) is 12.6 Å². The lowest BCUT2D eigenvalue weighted by atomic mass is 10.0. The Bertz CT molecular complexity index is 1120. The SMILES string of the molecule is CC(C)CNC(=O)C(C)N(Cc1ccc(Cl)cc1)C(=O)CN(c1ccccc1C(C)C)S(C)(=O)=O. The zero-order valence-electron chi connectivity index (χ0n) is 21.3. The van der Waals surface area contributed by atoms with Gasteiger partial charge in [0.05, 0.1) is 11.9 Å². The average Bonchev–Trinajstić information content (AvgIpc) is 2.79. The number of nitrogens with one attached hydrogen (secondary N) is 1. The molecule has 0 aromatic heterocycles. The molecular formula is C26H36ClN3O4S.